The van der Waals surface area contributed by atoms with E-state index in [9.17, 15) is 0 Å². The zero-order valence-electron chi connectivity index (χ0n) is 8.11. The molecular weight excluding hydrogens is 217 g/mol. The fraction of sp³-hybridized carbons (Fsp3) is 0.273. The van der Waals surface area contributed by atoms with Gasteiger partial charge in [-0.3, -0.25) is 0 Å². The van der Waals surface area contributed by atoms with Crippen molar-refractivity contribution in [2.24, 2.45) is 0 Å². The summed E-state index contributed by atoms with van der Waals surface area (Å²) in [6, 6.07) is 5.46. The molecule has 1 rings (SSSR count). The van der Waals surface area contributed by atoms with Gasteiger partial charge in [0.05, 0.1) is 0 Å². The maximum atomic E-state index is 5.99. The lowest BCUT2D eigenvalue weighted by Crippen LogP contribution is -2.15. The predicted molar refractivity (Wildman–Crippen MR) is 63.0 cm³/mol. The highest BCUT2D eigenvalue weighted by molar-refractivity contribution is 6.33. The summed E-state index contributed by atoms with van der Waals surface area (Å²) in [5.74, 6) is 0. The summed E-state index contributed by atoms with van der Waals surface area (Å²) in [4.78, 5) is 0. The lowest BCUT2D eigenvalue weighted by molar-refractivity contribution is 0.741. The van der Waals surface area contributed by atoms with Crippen LogP contribution in [0.2, 0.25) is 10.0 Å². The molecule has 0 fully saturated rings. The average molecular weight is 230 g/mol. The molecule has 0 aliphatic rings. The van der Waals surface area contributed by atoms with Crippen LogP contribution < -0.4 is 5.32 Å². The van der Waals surface area contributed by atoms with Gasteiger partial charge in [0.1, 0.15) is 0 Å². The maximum absolute atomic E-state index is 5.99. The molecule has 0 spiro atoms. The van der Waals surface area contributed by atoms with Crippen LogP contribution in [-0.2, 0) is 6.54 Å². The number of rotatable bonds is 4. The fourth-order valence-corrected chi connectivity index (χ4v) is 1.47. The number of hydrogen-bond donors (Lipinski definition) is 1. The molecule has 0 aliphatic carbocycles. The molecule has 76 valence electrons. The summed E-state index contributed by atoms with van der Waals surface area (Å²) < 4.78 is 0. The van der Waals surface area contributed by atoms with Crippen molar-refractivity contribution in [3.05, 3.63) is 46.0 Å². The third-order valence-electron chi connectivity index (χ3n) is 1.75. The second-order valence-corrected chi connectivity index (χ2v) is 4.14. The van der Waals surface area contributed by atoms with Gasteiger partial charge in [-0.05, 0) is 30.7 Å². The molecule has 0 unspecified atom stereocenters. The van der Waals surface area contributed by atoms with Gasteiger partial charge in [-0.25, -0.2) is 0 Å². The Morgan fingerprint density at radius 2 is 2.14 bits per heavy atom. The second kappa shape index (κ2) is 5.40. The third kappa shape index (κ3) is 3.70. The van der Waals surface area contributed by atoms with Crippen LogP contribution in [0.5, 0.6) is 0 Å². The van der Waals surface area contributed by atoms with Crippen LogP contribution in [0, 0.1) is 0 Å². The summed E-state index contributed by atoms with van der Waals surface area (Å²) in [5, 5.41) is 4.68. The molecule has 1 nitrogen and oxygen atoms in total. The van der Waals surface area contributed by atoms with E-state index in [2.05, 4.69) is 11.9 Å². The highest BCUT2D eigenvalue weighted by Crippen LogP contribution is 2.20. The Kier molecular flexibility index (Phi) is 4.46. The lowest BCUT2D eigenvalue weighted by atomic mass is 10.2. The van der Waals surface area contributed by atoms with E-state index in [4.69, 9.17) is 23.2 Å². The van der Waals surface area contributed by atoms with Crippen LogP contribution in [0.1, 0.15) is 12.5 Å². The van der Waals surface area contributed by atoms with Gasteiger partial charge in [0.15, 0.2) is 0 Å². The minimum atomic E-state index is 0.710. The maximum Gasteiger partial charge on any atom is 0.0451 e. The molecule has 0 aromatic heterocycles. The first-order chi connectivity index (χ1) is 6.59. The molecular formula is C11H13Cl2N. The quantitative estimate of drug-likeness (QED) is 0.778. The van der Waals surface area contributed by atoms with E-state index in [0.29, 0.717) is 11.6 Å². The molecule has 0 saturated heterocycles. The summed E-state index contributed by atoms with van der Waals surface area (Å²) in [5.41, 5.74) is 2.11. The highest BCUT2D eigenvalue weighted by Gasteiger charge is 2.00. The van der Waals surface area contributed by atoms with Gasteiger partial charge in [-0.15, -0.1) is 0 Å². The van der Waals surface area contributed by atoms with E-state index in [-0.39, 0.29) is 0 Å². The van der Waals surface area contributed by atoms with Crippen LogP contribution in [0.3, 0.4) is 0 Å². The average Bonchev–Trinajstić information content (AvgIpc) is 2.10. The van der Waals surface area contributed by atoms with Gasteiger partial charge in [0.25, 0.3) is 0 Å². The molecule has 1 aromatic rings. The summed E-state index contributed by atoms with van der Waals surface area (Å²) >= 11 is 11.8. The van der Waals surface area contributed by atoms with Gasteiger partial charge in [0, 0.05) is 23.1 Å². The molecule has 1 aromatic carbocycles. The Balaban J connectivity index is 2.57. The Morgan fingerprint density at radius 3 is 2.79 bits per heavy atom. The molecule has 0 aliphatic heterocycles. The first-order valence-corrected chi connectivity index (χ1v) is 5.14. The van der Waals surface area contributed by atoms with E-state index >= 15 is 0 Å². The van der Waals surface area contributed by atoms with Crippen molar-refractivity contribution in [2.75, 3.05) is 6.54 Å². The number of hydrogen-bond acceptors (Lipinski definition) is 1. The zero-order chi connectivity index (χ0) is 10.6. The van der Waals surface area contributed by atoms with Crippen molar-refractivity contribution >= 4 is 23.2 Å². The fourth-order valence-electron chi connectivity index (χ4n) is 1.09. The van der Waals surface area contributed by atoms with Crippen molar-refractivity contribution in [1.82, 2.24) is 5.32 Å². The van der Waals surface area contributed by atoms with Crippen molar-refractivity contribution in [3.63, 3.8) is 0 Å². The minimum absolute atomic E-state index is 0.710. The van der Waals surface area contributed by atoms with E-state index in [1.807, 2.05) is 19.1 Å². The Labute approximate surface area is 94.7 Å². The van der Waals surface area contributed by atoms with Gasteiger partial charge in [-0.1, -0.05) is 35.4 Å². The Morgan fingerprint density at radius 1 is 1.43 bits per heavy atom. The molecule has 0 saturated carbocycles. The summed E-state index contributed by atoms with van der Waals surface area (Å²) in [6.07, 6.45) is 0. The van der Waals surface area contributed by atoms with E-state index < -0.39 is 0 Å². The molecule has 0 atom stereocenters. The molecule has 14 heavy (non-hydrogen) atoms. The van der Waals surface area contributed by atoms with Crippen LogP contribution in [0.25, 0.3) is 0 Å². The van der Waals surface area contributed by atoms with Crippen molar-refractivity contribution < 1.29 is 0 Å². The first kappa shape index (κ1) is 11.6. The second-order valence-electron chi connectivity index (χ2n) is 3.30. The Hall–Kier alpha value is -0.500. The van der Waals surface area contributed by atoms with Crippen LogP contribution in [-0.4, -0.2) is 6.54 Å². The normalized spacial score (nSPS) is 10.2. The summed E-state index contributed by atoms with van der Waals surface area (Å²) in [7, 11) is 0. The van der Waals surface area contributed by atoms with Crippen molar-refractivity contribution in [3.8, 4) is 0 Å². The molecule has 1 N–H and O–H groups in total. The van der Waals surface area contributed by atoms with E-state index in [1.165, 1.54) is 0 Å². The Bertz CT molecular complexity index is 334. The molecule has 0 heterocycles. The van der Waals surface area contributed by atoms with Crippen molar-refractivity contribution in [1.29, 1.82) is 0 Å². The predicted octanol–water partition coefficient (Wildman–Crippen LogP) is 3.66. The third-order valence-corrected chi connectivity index (χ3v) is 2.35. The molecule has 0 radical (unpaired) electrons. The zero-order valence-corrected chi connectivity index (χ0v) is 9.62. The minimum Gasteiger partial charge on any atom is -0.309 e. The topological polar surface area (TPSA) is 12.0 Å². The number of halogens is 2. The monoisotopic (exact) mass is 229 g/mol. The standard InChI is InChI=1S/C11H13Cl2N/c1-8(2)6-14-7-9-5-10(12)3-4-11(9)13/h3-5,14H,1,6-7H2,2H3. The number of nitrogens with one attached hydrogen (secondary N) is 1. The van der Waals surface area contributed by atoms with Crippen molar-refractivity contribution in [2.45, 2.75) is 13.5 Å². The van der Waals surface area contributed by atoms with E-state index in [1.54, 1.807) is 6.07 Å². The molecule has 3 heteroatoms. The SMILES string of the molecule is C=C(C)CNCc1cc(Cl)ccc1Cl. The van der Waals surface area contributed by atoms with Crippen LogP contribution >= 0.6 is 23.2 Å². The molecule has 0 bridgehead atoms. The largest absolute Gasteiger partial charge is 0.309 e. The highest BCUT2D eigenvalue weighted by atomic mass is 35.5. The van der Waals surface area contributed by atoms with E-state index in [0.717, 1.165) is 22.7 Å². The van der Waals surface area contributed by atoms with Gasteiger partial charge in [-0.2, -0.15) is 0 Å². The van der Waals surface area contributed by atoms with Gasteiger partial charge in [0.2, 0.25) is 0 Å². The van der Waals surface area contributed by atoms with Gasteiger partial charge < -0.3 is 5.32 Å². The van der Waals surface area contributed by atoms with Crippen LogP contribution in [0.4, 0.5) is 0 Å². The smallest absolute Gasteiger partial charge is 0.0451 e. The van der Waals surface area contributed by atoms with Gasteiger partial charge >= 0.3 is 0 Å². The number of benzene rings is 1. The van der Waals surface area contributed by atoms with Crippen LogP contribution in [0.15, 0.2) is 30.4 Å². The summed E-state index contributed by atoms with van der Waals surface area (Å²) in [6.45, 7) is 7.29. The lowest BCUT2D eigenvalue weighted by Gasteiger charge is -2.06. The first-order valence-electron chi connectivity index (χ1n) is 4.38. The molecule has 0 amide bonds.